The van der Waals surface area contributed by atoms with Gasteiger partial charge in [-0.15, -0.1) is 0 Å². The third-order valence-electron chi connectivity index (χ3n) is 1.88. The number of aromatic nitrogens is 2. The van der Waals surface area contributed by atoms with Crippen molar-refractivity contribution < 1.29 is 14.6 Å². The molecule has 0 aliphatic rings. The normalized spacial score (nSPS) is 12.6. The number of rotatable bonds is 3. The summed E-state index contributed by atoms with van der Waals surface area (Å²) < 4.78 is 5.90. The summed E-state index contributed by atoms with van der Waals surface area (Å²) in [6.45, 7) is 0.0835. The summed E-state index contributed by atoms with van der Waals surface area (Å²) in [7, 11) is 2.90. The standard InChI is InChI=1S/C8H13N3O3/c1-11-6(7(12)4-9)3-5(10-11)8(13)14-2/h3,7,12H,4,9H2,1-2H3/t7-/m1/s1. The fourth-order valence-electron chi connectivity index (χ4n) is 1.12. The molecule has 1 atom stereocenters. The molecule has 6 nitrogen and oxygen atoms in total. The number of hydrogen-bond acceptors (Lipinski definition) is 5. The molecule has 1 aromatic heterocycles. The molecule has 1 rings (SSSR count). The van der Waals surface area contributed by atoms with Crippen molar-refractivity contribution in [2.24, 2.45) is 12.8 Å². The molecule has 0 aliphatic carbocycles. The van der Waals surface area contributed by atoms with Gasteiger partial charge in [-0.25, -0.2) is 4.79 Å². The third kappa shape index (κ3) is 1.91. The molecule has 0 radical (unpaired) electrons. The molecular weight excluding hydrogens is 186 g/mol. The van der Waals surface area contributed by atoms with Crippen LogP contribution in [0.3, 0.4) is 0 Å². The Kier molecular flexibility index (Phi) is 3.21. The van der Waals surface area contributed by atoms with Crippen LogP contribution in [0.1, 0.15) is 22.3 Å². The van der Waals surface area contributed by atoms with E-state index in [4.69, 9.17) is 5.73 Å². The van der Waals surface area contributed by atoms with E-state index in [1.54, 1.807) is 7.05 Å². The predicted octanol–water partition coefficient (Wildman–Crippen LogP) is -0.801. The van der Waals surface area contributed by atoms with Gasteiger partial charge >= 0.3 is 5.97 Å². The molecule has 1 aromatic rings. The SMILES string of the molecule is COC(=O)c1cc([C@H](O)CN)n(C)n1. The topological polar surface area (TPSA) is 90.4 Å². The molecule has 78 valence electrons. The first-order chi connectivity index (χ1) is 6.60. The number of methoxy groups -OCH3 is 1. The Morgan fingerprint density at radius 3 is 3.00 bits per heavy atom. The summed E-state index contributed by atoms with van der Waals surface area (Å²) in [4.78, 5) is 11.1. The average molecular weight is 199 g/mol. The number of aliphatic hydroxyl groups excluding tert-OH is 1. The van der Waals surface area contributed by atoms with E-state index < -0.39 is 12.1 Å². The van der Waals surface area contributed by atoms with Gasteiger partial charge in [0.15, 0.2) is 5.69 Å². The molecule has 0 amide bonds. The van der Waals surface area contributed by atoms with Crippen LogP contribution in [0, 0.1) is 0 Å². The lowest BCUT2D eigenvalue weighted by molar-refractivity contribution is 0.0593. The Morgan fingerprint density at radius 2 is 2.50 bits per heavy atom. The first-order valence-electron chi connectivity index (χ1n) is 4.10. The Hall–Kier alpha value is -1.40. The lowest BCUT2D eigenvalue weighted by Gasteiger charge is -2.06. The molecule has 14 heavy (non-hydrogen) atoms. The summed E-state index contributed by atoms with van der Waals surface area (Å²) in [5.41, 5.74) is 5.94. The van der Waals surface area contributed by atoms with Gasteiger partial charge in [-0.2, -0.15) is 5.10 Å². The van der Waals surface area contributed by atoms with E-state index in [0.717, 1.165) is 0 Å². The highest BCUT2D eigenvalue weighted by Gasteiger charge is 2.16. The van der Waals surface area contributed by atoms with Gasteiger partial charge in [-0.1, -0.05) is 0 Å². The van der Waals surface area contributed by atoms with Crippen LogP contribution in [0.25, 0.3) is 0 Å². The van der Waals surface area contributed by atoms with E-state index in [9.17, 15) is 9.90 Å². The lowest BCUT2D eigenvalue weighted by atomic mass is 10.2. The molecule has 0 fully saturated rings. The fourth-order valence-corrected chi connectivity index (χ4v) is 1.12. The minimum atomic E-state index is -0.814. The first-order valence-corrected chi connectivity index (χ1v) is 4.10. The zero-order valence-electron chi connectivity index (χ0n) is 8.10. The van der Waals surface area contributed by atoms with Gasteiger partial charge in [0.25, 0.3) is 0 Å². The van der Waals surface area contributed by atoms with Crippen molar-refractivity contribution in [3.8, 4) is 0 Å². The second-order valence-corrected chi connectivity index (χ2v) is 2.82. The van der Waals surface area contributed by atoms with Crippen LogP contribution in [0.2, 0.25) is 0 Å². The van der Waals surface area contributed by atoms with Crippen molar-refractivity contribution in [2.45, 2.75) is 6.10 Å². The van der Waals surface area contributed by atoms with E-state index in [2.05, 4.69) is 9.84 Å². The number of esters is 1. The van der Waals surface area contributed by atoms with Gasteiger partial charge in [-0.05, 0) is 6.07 Å². The largest absolute Gasteiger partial charge is 0.464 e. The van der Waals surface area contributed by atoms with Gasteiger partial charge < -0.3 is 15.6 Å². The highest BCUT2D eigenvalue weighted by molar-refractivity contribution is 5.87. The van der Waals surface area contributed by atoms with Crippen LogP contribution in [0.15, 0.2) is 6.07 Å². The summed E-state index contributed by atoms with van der Waals surface area (Å²) in [6.07, 6.45) is -0.814. The Morgan fingerprint density at radius 1 is 1.86 bits per heavy atom. The highest BCUT2D eigenvalue weighted by atomic mass is 16.5. The van der Waals surface area contributed by atoms with Crippen LogP contribution in [-0.4, -0.2) is 34.5 Å². The second-order valence-electron chi connectivity index (χ2n) is 2.82. The van der Waals surface area contributed by atoms with Gasteiger partial charge in [-0.3, -0.25) is 4.68 Å². The van der Waals surface area contributed by atoms with Crippen LogP contribution in [0.5, 0.6) is 0 Å². The zero-order valence-corrected chi connectivity index (χ0v) is 8.10. The summed E-state index contributed by atoms with van der Waals surface area (Å²) >= 11 is 0. The van der Waals surface area contributed by atoms with E-state index in [0.29, 0.717) is 5.69 Å². The number of hydrogen-bond donors (Lipinski definition) is 2. The number of carbonyl (C=O) groups excluding carboxylic acids is 1. The minimum Gasteiger partial charge on any atom is -0.464 e. The number of aryl methyl sites for hydroxylation is 1. The smallest absolute Gasteiger partial charge is 0.358 e. The van der Waals surface area contributed by atoms with Gasteiger partial charge in [0.05, 0.1) is 12.8 Å². The van der Waals surface area contributed by atoms with E-state index in [1.807, 2.05) is 0 Å². The number of aliphatic hydroxyl groups is 1. The van der Waals surface area contributed by atoms with Crippen molar-refractivity contribution in [1.29, 1.82) is 0 Å². The minimum absolute atomic E-state index is 0.0835. The van der Waals surface area contributed by atoms with E-state index in [1.165, 1.54) is 17.9 Å². The summed E-state index contributed by atoms with van der Waals surface area (Å²) in [5, 5.41) is 13.3. The van der Waals surface area contributed by atoms with E-state index in [-0.39, 0.29) is 12.2 Å². The van der Waals surface area contributed by atoms with Crippen molar-refractivity contribution in [3.63, 3.8) is 0 Å². The van der Waals surface area contributed by atoms with Gasteiger partial charge in [0, 0.05) is 13.6 Å². The zero-order chi connectivity index (χ0) is 10.7. The Bertz CT molecular complexity index is 335. The van der Waals surface area contributed by atoms with Crippen LogP contribution >= 0.6 is 0 Å². The van der Waals surface area contributed by atoms with Crippen molar-refractivity contribution in [3.05, 3.63) is 17.5 Å². The summed E-state index contributed by atoms with van der Waals surface area (Å²) in [6, 6.07) is 1.46. The van der Waals surface area contributed by atoms with Crippen molar-refractivity contribution >= 4 is 5.97 Å². The maximum Gasteiger partial charge on any atom is 0.358 e. The average Bonchev–Trinajstić information content (AvgIpc) is 2.58. The lowest BCUT2D eigenvalue weighted by Crippen LogP contribution is -2.14. The predicted molar refractivity (Wildman–Crippen MR) is 48.6 cm³/mol. The second kappa shape index (κ2) is 4.21. The fraction of sp³-hybridized carbons (Fsp3) is 0.500. The molecule has 0 bridgehead atoms. The highest BCUT2D eigenvalue weighted by Crippen LogP contribution is 2.12. The molecule has 3 N–H and O–H groups in total. The van der Waals surface area contributed by atoms with E-state index >= 15 is 0 Å². The molecular formula is C8H13N3O3. The molecule has 0 unspecified atom stereocenters. The molecule has 0 aliphatic heterocycles. The van der Waals surface area contributed by atoms with Crippen LogP contribution in [-0.2, 0) is 11.8 Å². The van der Waals surface area contributed by atoms with Crippen molar-refractivity contribution in [1.82, 2.24) is 9.78 Å². The summed E-state index contributed by atoms with van der Waals surface area (Å²) in [5.74, 6) is -0.531. The van der Waals surface area contributed by atoms with Crippen molar-refractivity contribution in [2.75, 3.05) is 13.7 Å². The molecule has 0 saturated carbocycles. The monoisotopic (exact) mass is 199 g/mol. The Labute approximate surface area is 81.3 Å². The number of ether oxygens (including phenoxy) is 1. The number of nitrogens with two attached hydrogens (primary N) is 1. The quantitative estimate of drug-likeness (QED) is 0.622. The molecule has 0 spiro atoms. The number of carbonyl (C=O) groups is 1. The number of nitrogens with zero attached hydrogens (tertiary/aromatic N) is 2. The molecule has 1 heterocycles. The van der Waals surface area contributed by atoms with Gasteiger partial charge in [0.1, 0.15) is 6.10 Å². The van der Waals surface area contributed by atoms with Gasteiger partial charge in [0.2, 0.25) is 0 Å². The third-order valence-corrected chi connectivity index (χ3v) is 1.88. The maximum atomic E-state index is 11.1. The molecule has 0 aromatic carbocycles. The van der Waals surface area contributed by atoms with Crippen LogP contribution in [0.4, 0.5) is 0 Å². The maximum absolute atomic E-state index is 11.1. The Balaban J connectivity index is 2.98. The van der Waals surface area contributed by atoms with Crippen LogP contribution < -0.4 is 5.73 Å². The molecule has 6 heteroatoms. The first kappa shape index (κ1) is 10.7. The molecule has 0 saturated heterocycles.